The summed E-state index contributed by atoms with van der Waals surface area (Å²) in [5, 5.41) is 2.77. The Hall–Kier alpha value is -1.58. The van der Waals surface area contributed by atoms with E-state index in [1.54, 1.807) is 0 Å². The fourth-order valence-electron chi connectivity index (χ4n) is 2.82. The SMILES string of the molecule is N[C@@H](Cc1ccccc1)C(=O)NCC1CCN(S(=O)(=O)C(F)F)CC1. The molecule has 0 saturated carbocycles. The molecule has 1 aromatic rings. The molecule has 0 spiro atoms. The summed E-state index contributed by atoms with van der Waals surface area (Å²) in [6.45, 7) is 0.455. The van der Waals surface area contributed by atoms with Crippen molar-refractivity contribution in [2.24, 2.45) is 11.7 Å². The molecule has 1 atom stereocenters. The molecule has 1 saturated heterocycles. The molecule has 3 N–H and O–H groups in total. The summed E-state index contributed by atoms with van der Waals surface area (Å²) in [5.41, 5.74) is 6.86. The van der Waals surface area contributed by atoms with Crippen LogP contribution in [0.2, 0.25) is 0 Å². The summed E-state index contributed by atoms with van der Waals surface area (Å²) < 4.78 is 48.7. The summed E-state index contributed by atoms with van der Waals surface area (Å²) in [5.74, 6) is -3.61. The lowest BCUT2D eigenvalue weighted by Crippen LogP contribution is -2.46. The van der Waals surface area contributed by atoms with Gasteiger partial charge in [0.2, 0.25) is 5.91 Å². The Morgan fingerprint density at radius 3 is 2.40 bits per heavy atom. The number of nitrogens with two attached hydrogens (primary N) is 1. The molecule has 1 fully saturated rings. The highest BCUT2D eigenvalue weighted by Crippen LogP contribution is 2.22. The second-order valence-corrected chi connectivity index (χ2v) is 8.09. The maximum Gasteiger partial charge on any atom is 0.350 e. The van der Waals surface area contributed by atoms with E-state index < -0.39 is 21.8 Å². The van der Waals surface area contributed by atoms with Gasteiger partial charge in [-0.25, -0.2) is 8.42 Å². The number of hydrogen-bond donors (Lipinski definition) is 2. The lowest BCUT2D eigenvalue weighted by atomic mass is 9.98. The molecule has 9 heteroatoms. The molecule has 0 aliphatic carbocycles. The van der Waals surface area contributed by atoms with Crippen LogP contribution in [0.1, 0.15) is 18.4 Å². The molecule has 25 heavy (non-hydrogen) atoms. The summed E-state index contributed by atoms with van der Waals surface area (Å²) in [4.78, 5) is 12.1. The van der Waals surface area contributed by atoms with E-state index in [1.165, 1.54) is 0 Å². The average molecular weight is 375 g/mol. The summed E-state index contributed by atoms with van der Waals surface area (Å²) in [6, 6.07) is 8.76. The average Bonchev–Trinajstić information content (AvgIpc) is 2.60. The summed E-state index contributed by atoms with van der Waals surface area (Å²) in [6.07, 6.45) is 1.29. The third-order valence-corrected chi connectivity index (χ3v) is 5.89. The van der Waals surface area contributed by atoms with Crippen molar-refractivity contribution in [3.8, 4) is 0 Å². The fraction of sp³-hybridized carbons (Fsp3) is 0.562. The smallest absolute Gasteiger partial charge is 0.350 e. The van der Waals surface area contributed by atoms with Gasteiger partial charge in [0.05, 0.1) is 6.04 Å². The number of halogens is 2. The van der Waals surface area contributed by atoms with Crippen molar-refractivity contribution in [1.82, 2.24) is 9.62 Å². The van der Waals surface area contributed by atoms with Crippen molar-refractivity contribution in [2.75, 3.05) is 19.6 Å². The molecular formula is C16H23F2N3O3S. The van der Waals surface area contributed by atoms with Crippen molar-refractivity contribution in [3.63, 3.8) is 0 Å². The molecule has 0 radical (unpaired) electrons. The highest BCUT2D eigenvalue weighted by molar-refractivity contribution is 7.89. The Balaban J connectivity index is 1.74. The number of carbonyl (C=O) groups is 1. The van der Waals surface area contributed by atoms with E-state index in [1.807, 2.05) is 30.3 Å². The zero-order valence-corrected chi connectivity index (χ0v) is 14.6. The van der Waals surface area contributed by atoms with Gasteiger partial charge >= 0.3 is 5.76 Å². The van der Waals surface area contributed by atoms with E-state index >= 15 is 0 Å². The van der Waals surface area contributed by atoms with Gasteiger partial charge in [-0.3, -0.25) is 4.79 Å². The number of hydrogen-bond acceptors (Lipinski definition) is 4. The number of carbonyl (C=O) groups excluding carboxylic acids is 1. The molecule has 1 heterocycles. The van der Waals surface area contributed by atoms with Crippen molar-refractivity contribution < 1.29 is 22.0 Å². The van der Waals surface area contributed by atoms with Crippen LogP contribution in [-0.2, 0) is 21.2 Å². The molecular weight excluding hydrogens is 352 g/mol. The van der Waals surface area contributed by atoms with Crippen molar-refractivity contribution in [1.29, 1.82) is 0 Å². The molecule has 140 valence electrons. The van der Waals surface area contributed by atoms with Gasteiger partial charge in [0.1, 0.15) is 0 Å². The van der Waals surface area contributed by atoms with E-state index in [9.17, 15) is 22.0 Å². The zero-order chi connectivity index (χ0) is 18.4. The summed E-state index contributed by atoms with van der Waals surface area (Å²) in [7, 11) is -4.51. The predicted octanol–water partition coefficient (Wildman–Crippen LogP) is 0.937. The Bertz CT molecular complexity index is 662. The highest BCUT2D eigenvalue weighted by Gasteiger charge is 2.34. The van der Waals surface area contributed by atoms with Crippen LogP contribution in [-0.4, -0.2) is 50.1 Å². The zero-order valence-electron chi connectivity index (χ0n) is 13.8. The lowest BCUT2D eigenvalue weighted by molar-refractivity contribution is -0.122. The molecule has 2 rings (SSSR count). The first-order valence-electron chi connectivity index (χ1n) is 8.15. The van der Waals surface area contributed by atoms with Crippen molar-refractivity contribution in [2.45, 2.75) is 31.1 Å². The first-order valence-corrected chi connectivity index (χ1v) is 9.65. The number of nitrogens with one attached hydrogen (secondary N) is 1. The maximum absolute atomic E-state index is 12.5. The monoisotopic (exact) mass is 375 g/mol. The number of nitrogens with zero attached hydrogens (tertiary/aromatic N) is 1. The predicted molar refractivity (Wildman–Crippen MR) is 90.4 cm³/mol. The third-order valence-electron chi connectivity index (χ3n) is 4.36. The van der Waals surface area contributed by atoms with Crippen LogP contribution in [0.15, 0.2) is 30.3 Å². The number of benzene rings is 1. The second-order valence-electron chi connectivity index (χ2n) is 6.19. The Morgan fingerprint density at radius 2 is 1.84 bits per heavy atom. The molecule has 1 aliphatic rings. The van der Waals surface area contributed by atoms with Crippen LogP contribution in [0.4, 0.5) is 8.78 Å². The lowest BCUT2D eigenvalue weighted by Gasteiger charge is -2.31. The van der Waals surface area contributed by atoms with Gasteiger partial charge in [-0.2, -0.15) is 13.1 Å². The quantitative estimate of drug-likeness (QED) is 0.742. The van der Waals surface area contributed by atoms with Gasteiger partial charge in [-0.1, -0.05) is 30.3 Å². The number of amides is 1. The minimum absolute atomic E-state index is 0.0449. The largest absolute Gasteiger partial charge is 0.354 e. The number of rotatable bonds is 7. The Labute approximate surface area is 146 Å². The van der Waals surface area contributed by atoms with Crippen LogP contribution in [0.5, 0.6) is 0 Å². The van der Waals surface area contributed by atoms with E-state index in [-0.39, 0.29) is 24.9 Å². The van der Waals surface area contributed by atoms with Crippen LogP contribution in [0.25, 0.3) is 0 Å². The van der Waals surface area contributed by atoms with Crippen molar-refractivity contribution in [3.05, 3.63) is 35.9 Å². The molecule has 1 aromatic carbocycles. The number of alkyl halides is 2. The van der Waals surface area contributed by atoms with Gasteiger partial charge in [0, 0.05) is 19.6 Å². The maximum atomic E-state index is 12.5. The molecule has 0 unspecified atom stereocenters. The van der Waals surface area contributed by atoms with Crippen LogP contribution in [0, 0.1) is 5.92 Å². The van der Waals surface area contributed by atoms with Gasteiger partial charge in [-0.05, 0) is 30.7 Å². The topological polar surface area (TPSA) is 92.5 Å². The molecule has 1 amide bonds. The third kappa shape index (κ3) is 5.45. The molecule has 0 aromatic heterocycles. The van der Waals surface area contributed by atoms with Gasteiger partial charge in [0.15, 0.2) is 0 Å². The van der Waals surface area contributed by atoms with E-state index in [2.05, 4.69) is 5.32 Å². The van der Waals surface area contributed by atoms with Gasteiger partial charge in [0.25, 0.3) is 10.0 Å². The highest BCUT2D eigenvalue weighted by atomic mass is 32.2. The standard InChI is InChI=1S/C16H23F2N3O3S/c17-16(18)25(23,24)21-8-6-13(7-9-21)11-20-15(22)14(19)10-12-4-2-1-3-5-12/h1-5,13-14,16H,6-11,19H2,(H,20,22)/t14-/m0/s1. The molecule has 0 bridgehead atoms. The Morgan fingerprint density at radius 1 is 1.24 bits per heavy atom. The van der Waals surface area contributed by atoms with E-state index in [0.717, 1.165) is 9.87 Å². The van der Waals surface area contributed by atoms with E-state index in [4.69, 9.17) is 5.73 Å². The van der Waals surface area contributed by atoms with Crippen LogP contribution < -0.4 is 11.1 Å². The van der Waals surface area contributed by atoms with Gasteiger partial charge in [-0.15, -0.1) is 0 Å². The minimum atomic E-state index is -4.51. The molecule has 6 nitrogen and oxygen atoms in total. The first-order chi connectivity index (χ1) is 11.8. The minimum Gasteiger partial charge on any atom is -0.354 e. The second kappa shape index (κ2) is 8.68. The number of piperidine rings is 1. The molecule has 1 aliphatic heterocycles. The van der Waals surface area contributed by atoms with Crippen molar-refractivity contribution >= 4 is 15.9 Å². The normalized spacial score (nSPS) is 18.2. The van der Waals surface area contributed by atoms with Crippen LogP contribution >= 0.6 is 0 Å². The number of sulfonamides is 1. The first kappa shape index (κ1) is 19.7. The summed E-state index contributed by atoms with van der Waals surface area (Å²) >= 11 is 0. The van der Waals surface area contributed by atoms with Gasteiger partial charge < -0.3 is 11.1 Å². The Kier molecular flexibility index (Phi) is 6.86. The van der Waals surface area contributed by atoms with Crippen LogP contribution in [0.3, 0.4) is 0 Å². The van der Waals surface area contributed by atoms with E-state index in [0.29, 0.717) is 25.8 Å². The fourth-order valence-corrected chi connectivity index (χ4v) is 3.76.